The molecule has 6 nitrogen and oxygen atoms in total. The van der Waals surface area contributed by atoms with Crippen LogP contribution in [0, 0.1) is 0 Å². The lowest BCUT2D eigenvalue weighted by molar-refractivity contribution is -0.137. The van der Waals surface area contributed by atoms with Crippen LogP contribution in [0.4, 0.5) is 4.79 Å². The number of carboxylic acid groups (broad SMARTS) is 1. The van der Waals surface area contributed by atoms with Crippen LogP contribution in [0.3, 0.4) is 0 Å². The van der Waals surface area contributed by atoms with Crippen LogP contribution in [0.1, 0.15) is 40.0 Å². The third-order valence-electron chi connectivity index (χ3n) is 3.27. The Labute approximate surface area is 114 Å². The quantitative estimate of drug-likeness (QED) is 0.794. The van der Waals surface area contributed by atoms with Gasteiger partial charge >= 0.3 is 12.0 Å². The van der Waals surface area contributed by atoms with Crippen molar-refractivity contribution >= 4 is 12.0 Å². The van der Waals surface area contributed by atoms with Crippen molar-refractivity contribution in [1.29, 1.82) is 0 Å². The van der Waals surface area contributed by atoms with E-state index in [0.29, 0.717) is 26.0 Å². The molecule has 0 aromatic heterocycles. The molecule has 0 saturated carbocycles. The average molecular weight is 272 g/mol. The van der Waals surface area contributed by atoms with Gasteiger partial charge in [0.05, 0.1) is 18.8 Å². The van der Waals surface area contributed by atoms with Crippen LogP contribution in [0.25, 0.3) is 0 Å². The molecular weight excluding hydrogens is 248 g/mol. The lowest BCUT2D eigenvalue weighted by atomic mass is 10.1. The van der Waals surface area contributed by atoms with E-state index in [1.54, 1.807) is 4.90 Å². The first-order valence-electron chi connectivity index (χ1n) is 6.80. The third kappa shape index (κ3) is 5.46. The molecule has 1 rings (SSSR count). The summed E-state index contributed by atoms with van der Waals surface area (Å²) >= 11 is 0. The highest BCUT2D eigenvalue weighted by atomic mass is 16.5. The van der Waals surface area contributed by atoms with Crippen molar-refractivity contribution in [2.75, 3.05) is 13.2 Å². The first-order chi connectivity index (χ1) is 8.90. The molecule has 0 aromatic carbocycles. The second kappa shape index (κ2) is 7.33. The number of morpholine rings is 1. The van der Waals surface area contributed by atoms with Gasteiger partial charge in [0.1, 0.15) is 0 Å². The summed E-state index contributed by atoms with van der Waals surface area (Å²) in [5.74, 6) is -0.797. The molecule has 19 heavy (non-hydrogen) atoms. The van der Waals surface area contributed by atoms with Crippen molar-refractivity contribution < 1.29 is 19.4 Å². The Hall–Kier alpha value is -1.30. The summed E-state index contributed by atoms with van der Waals surface area (Å²) in [6.45, 7) is 6.95. The highest BCUT2D eigenvalue weighted by molar-refractivity contribution is 5.75. The molecule has 0 radical (unpaired) electrons. The maximum atomic E-state index is 12.1. The molecule has 1 saturated heterocycles. The number of carbonyl (C=O) groups is 2. The number of nitrogens with zero attached hydrogens (tertiary/aromatic N) is 1. The van der Waals surface area contributed by atoms with Gasteiger partial charge in [0.15, 0.2) is 0 Å². The molecule has 3 unspecified atom stereocenters. The maximum Gasteiger partial charge on any atom is 0.318 e. The van der Waals surface area contributed by atoms with E-state index in [1.807, 2.05) is 20.8 Å². The van der Waals surface area contributed by atoms with Crippen LogP contribution in [0.15, 0.2) is 0 Å². The summed E-state index contributed by atoms with van der Waals surface area (Å²) in [5, 5.41) is 11.5. The molecule has 110 valence electrons. The van der Waals surface area contributed by atoms with Gasteiger partial charge in [0.25, 0.3) is 0 Å². The normalized spacial score (nSPS) is 24.9. The van der Waals surface area contributed by atoms with Crippen LogP contribution < -0.4 is 5.32 Å². The number of amides is 2. The number of aliphatic carboxylic acids is 1. The Morgan fingerprint density at radius 1 is 1.47 bits per heavy atom. The fourth-order valence-electron chi connectivity index (χ4n) is 2.11. The molecule has 0 spiro atoms. The monoisotopic (exact) mass is 272 g/mol. The van der Waals surface area contributed by atoms with Gasteiger partial charge in [0, 0.05) is 19.0 Å². The molecule has 3 atom stereocenters. The van der Waals surface area contributed by atoms with Crippen LogP contribution in [-0.2, 0) is 9.53 Å². The predicted molar refractivity (Wildman–Crippen MR) is 71.1 cm³/mol. The van der Waals surface area contributed by atoms with Gasteiger partial charge in [-0.25, -0.2) is 4.79 Å². The summed E-state index contributed by atoms with van der Waals surface area (Å²) in [6.07, 6.45) is 1.45. The average Bonchev–Trinajstić information content (AvgIpc) is 2.31. The Bertz CT molecular complexity index is 322. The molecule has 1 fully saturated rings. The minimum Gasteiger partial charge on any atom is -0.481 e. The van der Waals surface area contributed by atoms with Crippen molar-refractivity contribution in [3.8, 4) is 0 Å². The van der Waals surface area contributed by atoms with Crippen LogP contribution in [0.2, 0.25) is 0 Å². The minimum atomic E-state index is -0.797. The Morgan fingerprint density at radius 3 is 2.79 bits per heavy atom. The van der Waals surface area contributed by atoms with E-state index in [1.165, 1.54) is 0 Å². The zero-order valence-corrected chi connectivity index (χ0v) is 11.9. The van der Waals surface area contributed by atoms with Crippen LogP contribution in [0.5, 0.6) is 0 Å². The highest BCUT2D eigenvalue weighted by Crippen LogP contribution is 2.12. The predicted octanol–water partition coefficient (Wildman–Crippen LogP) is 1.45. The first kappa shape index (κ1) is 15.8. The van der Waals surface area contributed by atoms with E-state index >= 15 is 0 Å². The van der Waals surface area contributed by atoms with E-state index in [2.05, 4.69) is 5.32 Å². The fraction of sp³-hybridized carbons (Fsp3) is 0.846. The lowest BCUT2D eigenvalue weighted by Crippen LogP contribution is -2.55. The van der Waals surface area contributed by atoms with Crippen molar-refractivity contribution in [3.63, 3.8) is 0 Å². The number of hydrogen-bond acceptors (Lipinski definition) is 3. The molecule has 1 aliphatic heterocycles. The van der Waals surface area contributed by atoms with Crippen molar-refractivity contribution in [2.24, 2.45) is 0 Å². The van der Waals surface area contributed by atoms with Gasteiger partial charge in [-0.2, -0.15) is 0 Å². The fourth-order valence-corrected chi connectivity index (χ4v) is 2.11. The Balaban J connectivity index is 2.34. The van der Waals surface area contributed by atoms with Gasteiger partial charge in [0.2, 0.25) is 0 Å². The number of nitrogens with one attached hydrogen (secondary N) is 1. The Kier molecular flexibility index (Phi) is 6.08. The second-order valence-corrected chi connectivity index (χ2v) is 5.28. The zero-order valence-electron chi connectivity index (χ0n) is 11.9. The summed E-state index contributed by atoms with van der Waals surface area (Å²) in [7, 11) is 0. The highest BCUT2D eigenvalue weighted by Gasteiger charge is 2.27. The summed E-state index contributed by atoms with van der Waals surface area (Å²) in [4.78, 5) is 24.3. The van der Waals surface area contributed by atoms with Crippen molar-refractivity contribution in [2.45, 2.75) is 58.2 Å². The van der Waals surface area contributed by atoms with Gasteiger partial charge < -0.3 is 20.1 Å². The number of urea groups is 1. The number of ether oxygens (including phenoxy) is 1. The summed E-state index contributed by atoms with van der Waals surface area (Å²) in [6, 6.07) is -0.0369. The van der Waals surface area contributed by atoms with E-state index in [4.69, 9.17) is 9.84 Å². The smallest absolute Gasteiger partial charge is 0.318 e. The largest absolute Gasteiger partial charge is 0.481 e. The van der Waals surface area contributed by atoms with Crippen molar-refractivity contribution in [3.05, 3.63) is 0 Å². The maximum absolute atomic E-state index is 12.1. The van der Waals surface area contributed by atoms with Gasteiger partial charge in [-0.05, 0) is 33.6 Å². The van der Waals surface area contributed by atoms with Crippen LogP contribution >= 0.6 is 0 Å². The second-order valence-electron chi connectivity index (χ2n) is 5.28. The lowest BCUT2D eigenvalue weighted by Gasteiger charge is -2.37. The van der Waals surface area contributed by atoms with Gasteiger partial charge in [-0.15, -0.1) is 0 Å². The van der Waals surface area contributed by atoms with Crippen molar-refractivity contribution in [1.82, 2.24) is 10.2 Å². The molecule has 0 aromatic rings. The van der Waals surface area contributed by atoms with Gasteiger partial charge in [-0.1, -0.05) is 0 Å². The number of hydrogen-bond donors (Lipinski definition) is 2. The van der Waals surface area contributed by atoms with Gasteiger partial charge in [-0.3, -0.25) is 4.79 Å². The molecule has 2 amide bonds. The molecule has 0 bridgehead atoms. The van der Waals surface area contributed by atoms with E-state index in [0.717, 1.165) is 0 Å². The number of carbonyl (C=O) groups excluding carboxylic acids is 1. The molecule has 1 aliphatic rings. The minimum absolute atomic E-state index is 0.0165. The number of carboxylic acids is 1. The van der Waals surface area contributed by atoms with E-state index in [9.17, 15) is 9.59 Å². The molecular formula is C13H24N2O4. The molecule has 2 N–H and O–H groups in total. The summed E-state index contributed by atoms with van der Waals surface area (Å²) in [5.41, 5.74) is 0. The molecule has 6 heteroatoms. The summed E-state index contributed by atoms with van der Waals surface area (Å²) < 4.78 is 5.48. The van der Waals surface area contributed by atoms with Crippen LogP contribution in [-0.4, -0.2) is 53.3 Å². The third-order valence-corrected chi connectivity index (χ3v) is 3.27. The SMILES string of the molecule is CC(CCCC(=O)O)NC(=O)N1CC(C)OCC1C. The first-order valence-corrected chi connectivity index (χ1v) is 6.80. The van der Waals surface area contributed by atoms with E-state index in [-0.39, 0.29) is 30.6 Å². The zero-order chi connectivity index (χ0) is 14.4. The van der Waals surface area contributed by atoms with E-state index < -0.39 is 5.97 Å². The molecule has 1 heterocycles. The Morgan fingerprint density at radius 2 is 2.16 bits per heavy atom. The molecule has 0 aliphatic carbocycles. The standard InChI is InChI=1S/C13H24N2O4/c1-9(5-4-6-12(16)17)14-13(18)15-7-11(3)19-8-10(15)2/h9-11H,4-8H2,1-3H3,(H,14,18)(H,16,17). The number of rotatable bonds is 5. The topological polar surface area (TPSA) is 78.9 Å².